The molecule has 1 aromatic rings. The number of rotatable bonds is 4. The highest BCUT2D eigenvalue weighted by molar-refractivity contribution is 14.1. The molecule has 0 unspecified atom stereocenters. The van der Waals surface area contributed by atoms with E-state index in [0.29, 0.717) is 13.1 Å². The van der Waals surface area contributed by atoms with Crippen molar-refractivity contribution in [2.45, 2.75) is 66.3 Å². The summed E-state index contributed by atoms with van der Waals surface area (Å²) in [5, 5.41) is 9.35. The van der Waals surface area contributed by atoms with Crippen molar-refractivity contribution >= 4 is 34.7 Å². The number of ether oxygens (including phenoxy) is 2. The molecular weight excluding hydrogens is 449 g/mol. The van der Waals surface area contributed by atoms with Gasteiger partial charge < -0.3 is 14.6 Å². The second-order valence-corrected chi connectivity index (χ2v) is 8.51. The maximum atomic E-state index is 12.7. The van der Waals surface area contributed by atoms with Gasteiger partial charge in [-0.2, -0.15) is 0 Å². The molecule has 0 spiro atoms. The van der Waals surface area contributed by atoms with Crippen molar-refractivity contribution in [1.29, 1.82) is 0 Å². The molecule has 1 aromatic carbocycles. The summed E-state index contributed by atoms with van der Waals surface area (Å²) in [6.07, 6.45) is -1.78. The number of amides is 1. The molecule has 0 fully saturated rings. The van der Waals surface area contributed by atoms with Gasteiger partial charge in [0.2, 0.25) is 0 Å². The fourth-order valence-electron chi connectivity index (χ4n) is 3.22. The predicted octanol–water partition coefficient (Wildman–Crippen LogP) is 4.32. The molecule has 0 radical (unpaired) electrons. The number of benzene rings is 1. The molecule has 1 heterocycles. The smallest absolute Gasteiger partial charge is 0.407 e. The van der Waals surface area contributed by atoms with E-state index in [0.717, 1.165) is 31.4 Å². The molecule has 7 heteroatoms. The van der Waals surface area contributed by atoms with Crippen LogP contribution in [0.25, 0.3) is 0 Å². The summed E-state index contributed by atoms with van der Waals surface area (Å²) in [6.45, 7) is 12.3. The van der Waals surface area contributed by atoms with Crippen LogP contribution in [-0.4, -0.2) is 34.3 Å². The summed E-state index contributed by atoms with van der Waals surface area (Å²) in [6, 6.07) is 0. The Morgan fingerprint density at radius 1 is 1.19 bits per heavy atom. The molecule has 0 aliphatic carbocycles. The number of hydrogen-bond donors (Lipinski definition) is 1. The minimum atomic E-state index is -0.940. The predicted molar refractivity (Wildman–Crippen MR) is 106 cm³/mol. The Balaban J connectivity index is 2.60. The molecule has 1 amide bonds. The van der Waals surface area contributed by atoms with Gasteiger partial charge in [-0.25, -0.2) is 9.59 Å². The Morgan fingerprint density at radius 3 is 2.19 bits per heavy atom. The Kier molecular flexibility index (Phi) is 6.22. The third kappa shape index (κ3) is 4.14. The normalized spacial score (nSPS) is 15.0. The first-order chi connectivity index (χ1) is 12.0. The Morgan fingerprint density at radius 2 is 1.73 bits per heavy atom. The van der Waals surface area contributed by atoms with Crippen molar-refractivity contribution in [1.82, 2.24) is 4.90 Å². The van der Waals surface area contributed by atoms with Crippen LogP contribution in [0.2, 0.25) is 0 Å². The fraction of sp³-hybridized carbons (Fsp3) is 0.579. The third-order valence-corrected chi connectivity index (χ3v) is 5.83. The largest absolute Gasteiger partial charge is 0.465 e. The number of carboxylic acid groups (broad SMARTS) is 1. The first-order valence-corrected chi connectivity index (χ1v) is 9.68. The van der Waals surface area contributed by atoms with Gasteiger partial charge in [0.05, 0.1) is 18.8 Å². The van der Waals surface area contributed by atoms with Gasteiger partial charge in [-0.3, -0.25) is 4.90 Å². The van der Waals surface area contributed by atoms with Crippen molar-refractivity contribution in [3.05, 3.63) is 31.4 Å². The molecule has 0 aromatic heterocycles. The van der Waals surface area contributed by atoms with E-state index >= 15 is 0 Å². The lowest BCUT2D eigenvalue weighted by Crippen LogP contribution is -2.30. The van der Waals surface area contributed by atoms with Crippen LogP contribution in [0.3, 0.4) is 0 Å². The first kappa shape index (κ1) is 21.0. The number of halogens is 1. The number of esters is 1. The number of nitrogens with zero attached hydrogens (tertiary/aromatic N) is 1. The van der Waals surface area contributed by atoms with Crippen LogP contribution in [0.4, 0.5) is 4.79 Å². The average molecular weight is 475 g/mol. The van der Waals surface area contributed by atoms with Gasteiger partial charge >= 0.3 is 12.1 Å². The number of carbonyl (C=O) groups excluding carboxylic acids is 1. The monoisotopic (exact) mass is 475 g/mol. The zero-order chi connectivity index (χ0) is 19.8. The molecule has 1 atom stereocenters. The van der Waals surface area contributed by atoms with Crippen LogP contribution in [-0.2, 0) is 27.4 Å². The van der Waals surface area contributed by atoms with Gasteiger partial charge in [-0.05, 0) is 86.4 Å². The van der Waals surface area contributed by atoms with Gasteiger partial charge in [-0.15, -0.1) is 0 Å². The van der Waals surface area contributed by atoms with Crippen molar-refractivity contribution < 1.29 is 24.2 Å². The van der Waals surface area contributed by atoms with Gasteiger partial charge in [0.1, 0.15) is 0 Å². The topological polar surface area (TPSA) is 76.1 Å². The summed E-state index contributed by atoms with van der Waals surface area (Å²) in [5.74, 6) is -0.420. The van der Waals surface area contributed by atoms with E-state index in [1.807, 2.05) is 34.6 Å². The Bertz CT molecular complexity index is 739. The molecular formula is C19H26INO5. The van der Waals surface area contributed by atoms with Gasteiger partial charge in [-0.1, -0.05) is 0 Å². The minimum Gasteiger partial charge on any atom is -0.465 e. The van der Waals surface area contributed by atoms with E-state index in [9.17, 15) is 14.7 Å². The SMILES string of the molecule is CCOC(=O)[C@@H](OC(C)(C)C)c1c(C)c2c(c(C)c1I)CN(C(=O)O)C2. The third-order valence-electron chi connectivity index (χ3n) is 4.44. The van der Waals surface area contributed by atoms with E-state index in [-0.39, 0.29) is 6.61 Å². The summed E-state index contributed by atoms with van der Waals surface area (Å²) in [4.78, 5) is 25.4. The number of hydrogen-bond acceptors (Lipinski definition) is 4. The van der Waals surface area contributed by atoms with E-state index in [1.54, 1.807) is 6.92 Å². The highest BCUT2D eigenvalue weighted by atomic mass is 127. The first-order valence-electron chi connectivity index (χ1n) is 8.60. The lowest BCUT2D eigenvalue weighted by Gasteiger charge is -2.29. The highest BCUT2D eigenvalue weighted by Gasteiger charge is 2.36. The fourth-order valence-corrected chi connectivity index (χ4v) is 4.24. The summed E-state index contributed by atoms with van der Waals surface area (Å²) >= 11 is 2.22. The molecule has 1 N–H and O–H groups in total. The molecule has 1 aliphatic heterocycles. The summed E-state index contributed by atoms with van der Waals surface area (Å²) in [5.41, 5.74) is 4.14. The van der Waals surface area contributed by atoms with E-state index in [2.05, 4.69) is 22.6 Å². The summed E-state index contributed by atoms with van der Waals surface area (Å²) < 4.78 is 12.3. The van der Waals surface area contributed by atoms with Crippen LogP contribution < -0.4 is 0 Å². The van der Waals surface area contributed by atoms with E-state index in [4.69, 9.17) is 9.47 Å². The Hall–Kier alpha value is -1.35. The van der Waals surface area contributed by atoms with Crippen LogP contribution in [0.1, 0.15) is 61.6 Å². The lowest BCUT2D eigenvalue weighted by molar-refractivity contribution is -0.167. The van der Waals surface area contributed by atoms with Crippen LogP contribution >= 0.6 is 22.6 Å². The van der Waals surface area contributed by atoms with Crippen molar-refractivity contribution in [2.75, 3.05) is 6.61 Å². The molecule has 0 saturated heterocycles. The van der Waals surface area contributed by atoms with Crippen molar-refractivity contribution in [2.24, 2.45) is 0 Å². The molecule has 1 aliphatic rings. The van der Waals surface area contributed by atoms with Gasteiger partial charge in [0, 0.05) is 15.7 Å². The molecule has 26 heavy (non-hydrogen) atoms. The maximum Gasteiger partial charge on any atom is 0.407 e. The number of carbonyl (C=O) groups is 2. The van der Waals surface area contributed by atoms with Gasteiger partial charge in [0.15, 0.2) is 6.10 Å². The molecule has 2 rings (SSSR count). The lowest BCUT2D eigenvalue weighted by atomic mass is 9.91. The quantitative estimate of drug-likeness (QED) is 0.519. The van der Waals surface area contributed by atoms with Crippen LogP contribution in [0, 0.1) is 17.4 Å². The van der Waals surface area contributed by atoms with Crippen LogP contribution in [0.15, 0.2) is 0 Å². The Labute approximate surface area is 168 Å². The van der Waals surface area contributed by atoms with Gasteiger partial charge in [0.25, 0.3) is 0 Å². The standard InChI is InChI=1S/C19H26INO5/c1-7-25-17(22)16(26-19(4,5)6)14-10(2)12-8-21(18(23)24)9-13(12)11(3)15(14)20/h16H,7-9H2,1-6H3,(H,23,24)/t16-/m0/s1. The second-order valence-electron chi connectivity index (χ2n) is 7.44. The van der Waals surface area contributed by atoms with E-state index < -0.39 is 23.8 Å². The average Bonchev–Trinajstić information content (AvgIpc) is 2.97. The minimum absolute atomic E-state index is 0.273. The highest BCUT2D eigenvalue weighted by Crippen LogP contribution is 2.39. The maximum absolute atomic E-state index is 12.7. The molecule has 0 saturated carbocycles. The van der Waals surface area contributed by atoms with Crippen molar-refractivity contribution in [3.63, 3.8) is 0 Å². The van der Waals surface area contributed by atoms with Crippen molar-refractivity contribution in [3.8, 4) is 0 Å². The molecule has 144 valence electrons. The molecule has 0 bridgehead atoms. The second kappa shape index (κ2) is 7.72. The zero-order valence-electron chi connectivity index (χ0n) is 16.1. The van der Waals surface area contributed by atoms with E-state index in [1.165, 1.54) is 4.90 Å². The number of fused-ring (bicyclic) bond motifs is 1. The zero-order valence-corrected chi connectivity index (χ0v) is 18.3. The molecule has 6 nitrogen and oxygen atoms in total. The summed E-state index contributed by atoms with van der Waals surface area (Å²) in [7, 11) is 0. The van der Waals surface area contributed by atoms with Crippen LogP contribution in [0.5, 0.6) is 0 Å².